The molecular weight excluding hydrogens is 128 g/mol. The summed E-state index contributed by atoms with van der Waals surface area (Å²) in [6, 6.07) is 0. The zero-order valence-electron chi connectivity index (χ0n) is 6.34. The van der Waals surface area contributed by atoms with E-state index in [4.69, 9.17) is 5.11 Å². The number of hydrogen-bond donors (Lipinski definition) is 1. The van der Waals surface area contributed by atoms with E-state index in [0.717, 1.165) is 19.3 Å². The summed E-state index contributed by atoms with van der Waals surface area (Å²) in [4.78, 5) is 11.1. The van der Waals surface area contributed by atoms with E-state index < -0.39 is 6.10 Å². The molecule has 0 bridgehead atoms. The van der Waals surface area contributed by atoms with Gasteiger partial charge in [0.15, 0.2) is 0 Å². The minimum Gasteiger partial charge on any atom is -0.393 e. The zero-order valence-corrected chi connectivity index (χ0v) is 6.34. The molecule has 0 aromatic carbocycles. The van der Waals surface area contributed by atoms with E-state index in [1.165, 1.54) is 0 Å². The Balaban J connectivity index is 2.48. The Labute approximate surface area is 61.2 Å². The van der Waals surface area contributed by atoms with Gasteiger partial charge in [-0.25, -0.2) is 0 Å². The highest BCUT2D eigenvalue weighted by atomic mass is 16.3. The van der Waals surface area contributed by atoms with Crippen molar-refractivity contribution in [3.63, 3.8) is 0 Å². The zero-order chi connectivity index (χ0) is 7.56. The van der Waals surface area contributed by atoms with Crippen LogP contribution >= 0.6 is 0 Å². The van der Waals surface area contributed by atoms with E-state index in [9.17, 15) is 4.79 Å². The molecule has 0 aliphatic heterocycles. The molecule has 0 spiro atoms. The fraction of sp³-hybridized carbons (Fsp3) is 0.875. The molecule has 1 unspecified atom stereocenters. The number of carbonyl (C=O) groups is 1. The van der Waals surface area contributed by atoms with E-state index in [1.807, 2.05) is 0 Å². The Morgan fingerprint density at radius 3 is 2.70 bits per heavy atom. The highest BCUT2D eigenvalue weighted by Gasteiger charge is 2.25. The van der Waals surface area contributed by atoms with Gasteiger partial charge in [0.2, 0.25) is 0 Å². The number of hydrogen-bond acceptors (Lipinski definition) is 2. The first-order valence-electron chi connectivity index (χ1n) is 3.92. The lowest BCUT2D eigenvalue weighted by molar-refractivity contribution is -0.127. The molecule has 0 amide bonds. The molecule has 10 heavy (non-hydrogen) atoms. The van der Waals surface area contributed by atoms with Gasteiger partial charge in [-0.1, -0.05) is 6.42 Å². The maximum Gasteiger partial charge on any atom is 0.138 e. The van der Waals surface area contributed by atoms with Crippen molar-refractivity contribution in [2.24, 2.45) is 5.92 Å². The van der Waals surface area contributed by atoms with Crippen LogP contribution in [0.15, 0.2) is 0 Å². The van der Waals surface area contributed by atoms with E-state index in [-0.39, 0.29) is 11.7 Å². The molecule has 0 aromatic rings. The molecule has 1 N–H and O–H groups in total. The summed E-state index contributed by atoms with van der Waals surface area (Å²) in [5.74, 6) is 0.190. The number of ketones is 1. The minimum atomic E-state index is -0.437. The van der Waals surface area contributed by atoms with Crippen LogP contribution in [0.1, 0.15) is 32.6 Å². The lowest BCUT2D eigenvalue weighted by Gasteiger charge is -2.22. The number of rotatable bonds is 1. The second-order valence-corrected chi connectivity index (χ2v) is 3.06. The molecule has 0 saturated heterocycles. The van der Waals surface area contributed by atoms with Crippen LogP contribution in [0.4, 0.5) is 0 Å². The molecule has 0 heterocycles. The molecule has 1 rings (SSSR count). The van der Waals surface area contributed by atoms with Gasteiger partial charge in [-0.05, 0) is 19.8 Å². The first kappa shape index (κ1) is 7.73. The van der Waals surface area contributed by atoms with Crippen LogP contribution in [0.5, 0.6) is 0 Å². The van der Waals surface area contributed by atoms with E-state index >= 15 is 0 Å². The maximum absolute atomic E-state index is 11.1. The van der Waals surface area contributed by atoms with Crippen LogP contribution in [0.3, 0.4) is 0 Å². The van der Waals surface area contributed by atoms with Gasteiger partial charge < -0.3 is 5.11 Å². The highest BCUT2D eigenvalue weighted by molar-refractivity contribution is 5.82. The summed E-state index contributed by atoms with van der Waals surface area (Å²) < 4.78 is 0. The predicted octanol–water partition coefficient (Wildman–Crippen LogP) is 1.13. The largest absolute Gasteiger partial charge is 0.393 e. The standard InChI is InChI=1S/C8H14O2/c1-6(9)7-4-2-3-5-8(7)10/h6-7,9H,2-5H2,1H3/t6-,7?/m0/s1. The Morgan fingerprint density at radius 2 is 2.30 bits per heavy atom. The maximum atomic E-state index is 11.1. The molecule has 0 aromatic heterocycles. The van der Waals surface area contributed by atoms with Gasteiger partial charge in [-0.15, -0.1) is 0 Å². The molecular formula is C8H14O2. The molecule has 2 heteroatoms. The van der Waals surface area contributed by atoms with Crippen LogP contribution in [-0.4, -0.2) is 17.0 Å². The Hall–Kier alpha value is -0.370. The van der Waals surface area contributed by atoms with Crippen LogP contribution < -0.4 is 0 Å². The molecule has 1 aliphatic rings. The van der Waals surface area contributed by atoms with Crippen LogP contribution in [0.2, 0.25) is 0 Å². The average molecular weight is 142 g/mol. The van der Waals surface area contributed by atoms with Crippen LogP contribution in [0.25, 0.3) is 0 Å². The number of aliphatic hydroxyl groups excluding tert-OH is 1. The third-order valence-electron chi connectivity index (χ3n) is 2.18. The van der Waals surface area contributed by atoms with Gasteiger partial charge in [0, 0.05) is 12.3 Å². The number of aliphatic hydroxyl groups is 1. The van der Waals surface area contributed by atoms with Gasteiger partial charge in [0.1, 0.15) is 5.78 Å². The third-order valence-corrected chi connectivity index (χ3v) is 2.18. The number of carbonyl (C=O) groups excluding carboxylic acids is 1. The lowest BCUT2D eigenvalue weighted by Crippen LogP contribution is -2.28. The van der Waals surface area contributed by atoms with Crippen molar-refractivity contribution >= 4 is 5.78 Å². The van der Waals surface area contributed by atoms with Gasteiger partial charge in [0.25, 0.3) is 0 Å². The molecule has 2 nitrogen and oxygen atoms in total. The minimum absolute atomic E-state index is 0.0613. The van der Waals surface area contributed by atoms with Crippen molar-refractivity contribution in [1.29, 1.82) is 0 Å². The molecule has 2 atom stereocenters. The predicted molar refractivity (Wildman–Crippen MR) is 38.6 cm³/mol. The topological polar surface area (TPSA) is 37.3 Å². The van der Waals surface area contributed by atoms with Crippen molar-refractivity contribution < 1.29 is 9.90 Å². The van der Waals surface area contributed by atoms with Gasteiger partial charge >= 0.3 is 0 Å². The molecule has 1 fully saturated rings. The summed E-state index contributed by atoms with van der Waals surface area (Å²) in [5, 5.41) is 9.13. The van der Waals surface area contributed by atoms with Gasteiger partial charge in [-0.2, -0.15) is 0 Å². The first-order valence-corrected chi connectivity index (χ1v) is 3.92. The third kappa shape index (κ3) is 1.57. The van der Waals surface area contributed by atoms with Gasteiger partial charge in [-0.3, -0.25) is 4.79 Å². The highest BCUT2D eigenvalue weighted by Crippen LogP contribution is 2.22. The Morgan fingerprint density at radius 1 is 1.60 bits per heavy atom. The molecule has 0 radical (unpaired) electrons. The van der Waals surface area contributed by atoms with E-state index in [0.29, 0.717) is 6.42 Å². The average Bonchev–Trinajstić information content (AvgIpc) is 1.88. The molecule has 1 aliphatic carbocycles. The smallest absolute Gasteiger partial charge is 0.138 e. The summed E-state index contributed by atoms with van der Waals surface area (Å²) in [7, 11) is 0. The summed E-state index contributed by atoms with van der Waals surface area (Å²) in [5.41, 5.74) is 0. The SMILES string of the molecule is C[C@H](O)C1CCCCC1=O. The quantitative estimate of drug-likeness (QED) is 0.595. The Bertz CT molecular complexity index is 129. The monoisotopic (exact) mass is 142 g/mol. The summed E-state index contributed by atoms with van der Waals surface area (Å²) in [6.07, 6.45) is 3.24. The van der Waals surface area contributed by atoms with E-state index in [2.05, 4.69) is 0 Å². The van der Waals surface area contributed by atoms with Crippen molar-refractivity contribution in [2.45, 2.75) is 38.7 Å². The Kier molecular flexibility index (Phi) is 2.44. The van der Waals surface area contributed by atoms with Crippen molar-refractivity contribution in [1.82, 2.24) is 0 Å². The second-order valence-electron chi connectivity index (χ2n) is 3.06. The normalized spacial score (nSPS) is 30.2. The fourth-order valence-electron chi connectivity index (χ4n) is 1.52. The van der Waals surface area contributed by atoms with Crippen molar-refractivity contribution in [2.75, 3.05) is 0 Å². The van der Waals surface area contributed by atoms with Gasteiger partial charge in [0.05, 0.1) is 6.10 Å². The van der Waals surface area contributed by atoms with E-state index in [1.54, 1.807) is 6.92 Å². The second kappa shape index (κ2) is 3.15. The first-order chi connectivity index (χ1) is 4.72. The van der Waals surface area contributed by atoms with Crippen molar-refractivity contribution in [3.05, 3.63) is 0 Å². The summed E-state index contributed by atoms with van der Waals surface area (Å²) >= 11 is 0. The van der Waals surface area contributed by atoms with Crippen molar-refractivity contribution in [3.8, 4) is 0 Å². The molecule has 1 saturated carbocycles. The number of Topliss-reactive ketones (excluding diaryl/α,β-unsaturated/α-hetero) is 1. The van der Waals surface area contributed by atoms with Crippen LogP contribution in [0, 0.1) is 5.92 Å². The lowest BCUT2D eigenvalue weighted by atomic mass is 9.85. The van der Waals surface area contributed by atoms with Crippen LogP contribution in [-0.2, 0) is 4.79 Å². The molecule has 58 valence electrons. The fourth-order valence-corrected chi connectivity index (χ4v) is 1.52. The summed E-state index contributed by atoms with van der Waals surface area (Å²) in [6.45, 7) is 1.70.